The summed E-state index contributed by atoms with van der Waals surface area (Å²) in [5.41, 5.74) is 7.62. The maximum atomic E-state index is 10.9. The number of rotatable bonds is 5. The highest BCUT2D eigenvalue weighted by Crippen LogP contribution is 2.14. The van der Waals surface area contributed by atoms with Crippen molar-refractivity contribution < 1.29 is 4.79 Å². The summed E-state index contributed by atoms with van der Waals surface area (Å²) in [5, 5.41) is 0. The van der Waals surface area contributed by atoms with Crippen molar-refractivity contribution in [3.8, 4) is 0 Å². The molecular weight excluding hydrogens is 186 g/mol. The highest BCUT2D eigenvalue weighted by atomic mass is 16.1. The highest BCUT2D eigenvalue weighted by Gasteiger charge is 2.04. The van der Waals surface area contributed by atoms with Crippen molar-refractivity contribution in [1.82, 2.24) is 0 Å². The number of carbonyl (C=O) groups is 1. The second-order valence-corrected chi connectivity index (χ2v) is 3.64. The van der Waals surface area contributed by atoms with Crippen molar-refractivity contribution in [3.63, 3.8) is 0 Å². The van der Waals surface area contributed by atoms with Crippen LogP contribution in [-0.2, 0) is 11.2 Å². The summed E-state index contributed by atoms with van der Waals surface area (Å²) >= 11 is 0. The summed E-state index contributed by atoms with van der Waals surface area (Å²) < 4.78 is 0. The average molecular weight is 203 g/mol. The van der Waals surface area contributed by atoms with E-state index in [0.717, 1.165) is 12.0 Å². The van der Waals surface area contributed by atoms with E-state index in [4.69, 9.17) is 5.73 Å². The molecule has 1 rings (SSSR count). The van der Waals surface area contributed by atoms with Gasteiger partial charge in [0.05, 0.1) is 0 Å². The number of carbonyl (C=O) groups excluding carboxylic acids is 1. The maximum absolute atomic E-state index is 10.9. The standard InChI is InChI=1S/C13H17NO/c1-3-4-5-11-6-8-12(9-7-11)10(2)13(14)15/h6-9H,2-5H2,1H3,(H2,14,15). The normalized spacial score (nSPS) is 9.93. The van der Waals surface area contributed by atoms with E-state index in [0.29, 0.717) is 5.57 Å². The van der Waals surface area contributed by atoms with Gasteiger partial charge < -0.3 is 5.73 Å². The first-order valence-corrected chi connectivity index (χ1v) is 5.23. The molecule has 1 aromatic rings. The second-order valence-electron chi connectivity index (χ2n) is 3.64. The molecule has 0 saturated carbocycles. The molecule has 0 unspecified atom stereocenters. The zero-order valence-corrected chi connectivity index (χ0v) is 9.12. The lowest BCUT2D eigenvalue weighted by Gasteiger charge is -2.03. The lowest BCUT2D eigenvalue weighted by molar-refractivity contribution is -0.112. The van der Waals surface area contributed by atoms with Crippen LogP contribution in [0.4, 0.5) is 0 Å². The van der Waals surface area contributed by atoms with Gasteiger partial charge in [-0.15, -0.1) is 0 Å². The lowest BCUT2D eigenvalue weighted by atomic mass is 10.0. The molecule has 2 nitrogen and oxygen atoms in total. The van der Waals surface area contributed by atoms with Crippen LogP contribution in [0.5, 0.6) is 0 Å². The molecule has 2 heteroatoms. The van der Waals surface area contributed by atoms with E-state index in [2.05, 4.69) is 13.5 Å². The Kier molecular flexibility index (Phi) is 4.10. The monoisotopic (exact) mass is 203 g/mol. The maximum Gasteiger partial charge on any atom is 0.248 e. The van der Waals surface area contributed by atoms with Gasteiger partial charge in [-0.25, -0.2) is 0 Å². The van der Waals surface area contributed by atoms with Gasteiger partial charge in [0.25, 0.3) is 0 Å². The highest BCUT2D eigenvalue weighted by molar-refractivity contribution is 6.17. The number of hydrogen-bond acceptors (Lipinski definition) is 1. The number of nitrogens with two attached hydrogens (primary N) is 1. The van der Waals surface area contributed by atoms with Gasteiger partial charge in [0.15, 0.2) is 0 Å². The van der Waals surface area contributed by atoms with Crippen LogP contribution in [0.25, 0.3) is 5.57 Å². The topological polar surface area (TPSA) is 43.1 Å². The van der Waals surface area contributed by atoms with Gasteiger partial charge in [-0.3, -0.25) is 4.79 Å². The molecule has 0 aliphatic carbocycles. The number of aryl methyl sites for hydroxylation is 1. The van der Waals surface area contributed by atoms with E-state index in [1.807, 2.05) is 24.3 Å². The van der Waals surface area contributed by atoms with Crippen molar-refractivity contribution in [2.75, 3.05) is 0 Å². The van der Waals surface area contributed by atoms with E-state index in [-0.39, 0.29) is 0 Å². The zero-order chi connectivity index (χ0) is 11.3. The van der Waals surface area contributed by atoms with Crippen LogP contribution in [-0.4, -0.2) is 5.91 Å². The van der Waals surface area contributed by atoms with Crippen molar-refractivity contribution >= 4 is 11.5 Å². The molecule has 0 aliphatic heterocycles. The quantitative estimate of drug-likeness (QED) is 0.734. The van der Waals surface area contributed by atoms with Gasteiger partial charge >= 0.3 is 0 Å². The zero-order valence-electron chi connectivity index (χ0n) is 9.12. The summed E-state index contributed by atoms with van der Waals surface area (Å²) in [6, 6.07) is 7.86. The fraction of sp³-hybridized carbons (Fsp3) is 0.308. The van der Waals surface area contributed by atoms with Gasteiger partial charge in [-0.1, -0.05) is 44.2 Å². The number of unbranched alkanes of at least 4 members (excludes halogenated alkanes) is 1. The molecule has 0 fully saturated rings. The molecule has 0 aliphatic rings. The molecule has 0 radical (unpaired) electrons. The van der Waals surface area contributed by atoms with Crippen molar-refractivity contribution in [2.45, 2.75) is 26.2 Å². The number of amides is 1. The van der Waals surface area contributed by atoms with Gasteiger partial charge in [0.1, 0.15) is 0 Å². The minimum Gasteiger partial charge on any atom is -0.366 e. The molecule has 0 bridgehead atoms. The van der Waals surface area contributed by atoms with Crippen LogP contribution in [0.3, 0.4) is 0 Å². The molecule has 0 aromatic heterocycles. The molecule has 2 N–H and O–H groups in total. The third kappa shape index (κ3) is 3.24. The minimum absolute atomic E-state index is 0.372. The third-order valence-corrected chi connectivity index (χ3v) is 2.42. The Hall–Kier alpha value is -1.57. The molecule has 15 heavy (non-hydrogen) atoms. The van der Waals surface area contributed by atoms with Gasteiger partial charge in [0.2, 0.25) is 5.91 Å². The fourth-order valence-electron chi connectivity index (χ4n) is 1.40. The largest absolute Gasteiger partial charge is 0.366 e. The molecule has 80 valence electrons. The summed E-state index contributed by atoms with van der Waals surface area (Å²) in [6.45, 7) is 5.81. The van der Waals surface area contributed by atoms with Gasteiger partial charge in [-0.05, 0) is 24.0 Å². The molecule has 1 amide bonds. The Labute approximate surface area is 90.8 Å². The SMILES string of the molecule is C=C(C(N)=O)c1ccc(CCCC)cc1. The Morgan fingerprint density at radius 2 is 1.93 bits per heavy atom. The first-order chi connectivity index (χ1) is 7.15. The van der Waals surface area contributed by atoms with Crippen LogP contribution in [0.15, 0.2) is 30.8 Å². The summed E-state index contributed by atoms with van der Waals surface area (Å²) in [4.78, 5) is 10.9. The van der Waals surface area contributed by atoms with Crippen LogP contribution in [0.1, 0.15) is 30.9 Å². The summed E-state index contributed by atoms with van der Waals surface area (Å²) in [5.74, 6) is -0.462. The molecule has 0 spiro atoms. The van der Waals surface area contributed by atoms with E-state index < -0.39 is 5.91 Å². The molecule has 0 heterocycles. The Morgan fingerprint density at radius 3 is 2.40 bits per heavy atom. The Bertz CT molecular complexity index is 351. The Balaban J connectivity index is 2.72. The number of hydrogen-bond donors (Lipinski definition) is 1. The first-order valence-electron chi connectivity index (χ1n) is 5.23. The first kappa shape index (κ1) is 11.5. The molecule has 0 atom stereocenters. The smallest absolute Gasteiger partial charge is 0.248 e. The molecular formula is C13H17NO. The predicted octanol–water partition coefficient (Wildman–Crippen LogP) is 2.53. The van der Waals surface area contributed by atoms with E-state index in [9.17, 15) is 4.79 Å². The van der Waals surface area contributed by atoms with E-state index in [1.54, 1.807) is 0 Å². The molecule has 0 saturated heterocycles. The summed E-state index contributed by atoms with van der Waals surface area (Å²) in [6.07, 6.45) is 3.46. The minimum atomic E-state index is -0.462. The average Bonchev–Trinajstić information content (AvgIpc) is 2.26. The van der Waals surface area contributed by atoms with E-state index in [1.165, 1.54) is 18.4 Å². The van der Waals surface area contributed by atoms with Crippen molar-refractivity contribution in [1.29, 1.82) is 0 Å². The molecule has 1 aromatic carbocycles. The van der Waals surface area contributed by atoms with Gasteiger partial charge in [0, 0.05) is 5.57 Å². The van der Waals surface area contributed by atoms with Crippen LogP contribution >= 0.6 is 0 Å². The summed E-state index contributed by atoms with van der Waals surface area (Å²) in [7, 11) is 0. The fourth-order valence-corrected chi connectivity index (χ4v) is 1.40. The van der Waals surface area contributed by atoms with Crippen LogP contribution < -0.4 is 5.73 Å². The van der Waals surface area contributed by atoms with Crippen LogP contribution in [0, 0.1) is 0 Å². The second kappa shape index (κ2) is 5.35. The number of benzene rings is 1. The van der Waals surface area contributed by atoms with Gasteiger partial charge in [-0.2, -0.15) is 0 Å². The number of primary amides is 1. The Morgan fingerprint density at radius 1 is 1.33 bits per heavy atom. The van der Waals surface area contributed by atoms with E-state index >= 15 is 0 Å². The van der Waals surface area contributed by atoms with Crippen molar-refractivity contribution in [3.05, 3.63) is 42.0 Å². The third-order valence-electron chi connectivity index (χ3n) is 2.42. The van der Waals surface area contributed by atoms with Crippen molar-refractivity contribution in [2.24, 2.45) is 5.73 Å². The predicted molar refractivity (Wildman–Crippen MR) is 63.3 cm³/mol. The lowest BCUT2D eigenvalue weighted by Crippen LogP contribution is -2.11. The van der Waals surface area contributed by atoms with Crippen LogP contribution in [0.2, 0.25) is 0 Å².